The summed E-state index contributed by atoms with van der Waals surface area (Å²) in [5.41, 5.74) is 2.25. The standard InChI is InChI=1S/C13H9FN2/c14-12-4-2-1-3-10(12)9-5-7-15-13-11(9)6-8-16-13/h1-8H,(H,15,16). The molecule has 3 aromatic rings. The summed E-state index contributed by atoms with van der Waals surface area (Å²) >= 11 is 0. The van der Waals surface area contributed by atoms with Gasteiger partial charge >= 0.3 is 0 Å². The van der Waals surface area contributed by atoms with E-state index in [0.717, 1.165) is 16.6 Å². The Bertz CT molecular complexity index is 643. The van der Waals surface area contributed by atoms with E-state index in [1.54, 1.807) is 18.3 Å². The number of halogens is 1. The predicted octanol–water partition coefficient (Wildman–Crippen LogP) is 3.37. The minimum atomic E-state index is -0.212. The van der Waals surface area contributed by atoms with Crippen molar-refractivity contribution >= 4 is 11.0 Å². The van der Waals surface area contributed by atoms with Crippen LogP contribution in [0.5, 0.6) is 0 Å². The summed E-state index contributed by atoms with van der Waals surface area (Å²) in [7, 11) is 0. The fourth-order valence-corrected chi connectivity index (χ4v) is 1.88. The highest BCUT2D eigenvalue weighted by atomic mass is 19.1. The highest BCUT2D eigenvalue weighted by molar-refractivity contribution is 5.92. The lowest BCUT2D eigenvalue weighted by Gasteiger charge is -2.04. The van der Waals surface area contributed by atoms with Crippen LogP contribution in [0.15, 0.2) is 48.8 Å². The van der Waals surface area contributed by atoms with Crippen LogP contribution < -0.4 is 0 Å². The molecule has 2 nitrogen and oxygen atoms in total. The zero-order chi connectivity index (χ0) is 11.0. The number of hydrogen-bond donors (Lipinski definition) is 1. The molecule has 3 rings (SSSR count). The number of aromatic amines is 1. The second kappa shape index (κ2) is 3.45. The van der Waals surface area contributed by atoms with Crippen molar-refractivity contribution in [3.05, 3.63) is 54.6 Å². The minimum absolute atomic E-state index is 0.212. The molecule has 0 aliphatic heterocycles. The van der Waals surface area contributed by atoms with Crippen LogP contribution in [0.3, 0.4) is 0 Å². The third-order valence-corrected chi connectivity index (χ3v) is 2.62. The first kappa shape index (κ1) is 9.09. The van der Waals surface area contributed by atoms with Crippen LogP contribution in [0.25, 0.3) is 22.2 Å². The Balaban J connectivity index is 2.34. The fraction of sp³-hybridized carbons (Fsp3) is 0. The van der Waals surface area contributed by atoms with E-state index in [4.69, 9.17) is 0 Å². The van der Waals surface area contributed by atoms with Gasteiger partial charge in [-0.15, -0.1) is 0 Å². The highest BCUT2D eigenvalue weighted by Crippen LogP contribution is 2.28. The maximum Gasteiger partial charge on any atom is 0.137 e. The molecule has 0 aliphatic rings. The van der Waals surface area contributed by atoms with Crippen molar-refractivity contribution in [3.63, 3.8) is 0 Å². The number of H-pyrrole nitrogens is 1. The van der Waals surface area contributed by atoms with E-state index in [1.807, 2.05) is 24.4 Å². The summed E-state index contributed by atoms with van der Waals surface area (Å²) in [5.74, 6) is -0.212. The molecular weight excluding hydrogens is 203 g/mol. The van der Waals surface area contributed by atoms with E-state index < -0.39 is 0 Å². The van der Waals surface area contributed by atoms with E-state index in [2.05, 4.69) is 9.97 Å². The average Bonchev–Trinajstić information content (AvgIpc) is 2.77. The van der Waals surface area contributed by atoms with Gasteiger partial charge in [0, 0.05) is 23.3 Å². The second-order valence-electron chi connectivity index (χ2n) is 3.58. The molecule has 0 spiro atoms. The van der Waals surface area contributed by atoms with Crippen molar-refractivity contribution < 1.29 is 4.39 Å². The van der Waals surface area contributed by atoms with E-state index in [-0.39, 0.29) is 5.82 Å². The Morgan fingerprint density at radius 2 is 1.88 bits per heavy atom. The van der Waals surface area contributed by atoms with Crippen LogP contribution >= 0.6 is 0 Å². The highest BCUT2D eigenvalue weighted by Gasteiger charge is 2.08. The van der Waals surface area contributed by atoms with Gasteiger partial charge in [-0.2, -0.15) is 0 Å². The Kier molecular flexibility index (Phi) is 1.96. The molecule has 1 aromatic carbocycles. The number of fused-ring (bicyclic) bond motifs is 1. The summed E-state index contributed by atoms with van der Waals surface area (Å²) < 4.78 is 13.7. The summed E-state index contributed by atoms with van der Waals surface area (Å²) in [6.07, 6.45) is 3.49. The molecule has 3 heteroatoms. The van der Waals surface area contributed by atoms with Crippen LogP contribution in [0.2, 0.25) is 0 Å². The van der Waals surface area contributed by atoms with Gasteiger partial charge in [0.15, 0.2) is 0 Å². The van der Waals surface area contributed by atoms with Gasteiger partial charge in [-0.25, -0.2) is 9.37 Å². The Morgan fingerprint density at radius 3 is 2.75 bits per heavy atom. The smallest absolute Gasteiger partial charge is 0.137 e. The quantitative estimate of drug-likeness (QED) is 0.658. The monoisotopic (exact) mass is 212 g/mol. The number of nitrogens with zero attached hydrogens (tertiary/aromatic N) is 1. The summed E-state index contributed by atoms with van der Waals surface area (Å²) in [4.78, 5) is 7.19. The summed E-state index contributed by atoms with van der Waals surface area (Å²) in [5, 5.41) is 0.938. The lowest BCUT2D eigenvalue weighted by Crippen LogP contribution is -1.85. The molecule has 2 heterocycles. The van der Waals surface area contributed by atoms with E-state index in [9.17, 15) is 4.39 Å². The lowest BCUT2D eigenvalue weighted by molar-refractivity contribution is 0.631. The molecule has 0 amide bonds. The minimum Gasteiger partial charge on any atom is -0.346 e. The van der Waals surface area contributed by atoms with Gasteiger partial charge < -0.3 is 4.98 Å². The van der Waals surface area contributed by atoms with Crippen LogP contribution in [-0.4, -0.2) is 9.97 Å². The van der Waals surface area contributed by atoms with Crippen molar-refractivity contribution in [2.24, 2.45) is 0 Å². The molecule has 0 bridgehead atoms. The van der Waals surface area contributed by atoms with E-state index >= 15 is 0 Å². The Hall–Kier alpha value is -2.16. The van der Waals surface area contributed by atoms with Crippen LogP contribution in [0, 0.1) is 5.82 Å². The maximum absolute atomic E-state index is 13.7. The molecule has 2 aromatic heterocycles. The number of benzene rings is 1. The first-order valence-corrected chi connectivity index (χ1v) is 5.03. The number of aromatic nitrogens is 2. The van der Waals surface area contributed by atoms with Gasteiger partial charge in [0.05, 0.1) is 0 Å². The second-order valence-corrected chi connectivity index (χ2v) is 3.58. The van der Waals surface area contributed by atoms with Crippen LogP contribution in [0.1, 0.15) is 0 Å². The SMILES string of the molecule is Fc1ccccc1-c1ccnc2[nH]ccc12. The van der Waals surface area contributed by atoms with Crippen molar-refractivity contribution in [2.75, 3.05) is 0 Å². The number of hydrogen-bond acceptors (Lipinski definition) is 1. The third kappa shape index (κ3) is 1.29. The van der Waals surface area contributed by atoms with Crippen molar-refractivity contribution in [3.8, 4) is 11.1 Å². The summed E-state index contributed by atoms with van der Waals surface area (Å²) in [6.45, 7) is 0. The van der Waals surface area contributed by atoms with Crippen molar-refractivity contribution in [1.29, 1.82) is 0 Å². The first-order valence-electron chi connectivity index (χ1n) is 5.03. The van der Waals surface area contributed by atoms with Gasteiger partial charge in [0.2, 0.25) is 0 Å². The van der Waals surface area contributed by atoms with E-state index in [1.165, 1.54) is 6.07 Å². The van der Waals surface area contributed by atoms with Crippen molar-refractivity contribution in [2.45, 2.75) is 0 Å². The van der Waals surface area contributed by atoms with Gasteiger partial charge in [-0.1, -0.05) is 18.2 Å². The first-order chi connectivity index (χ1) is 7.86. The number of nitrogens with one attached hydrogen (secondary N) is 1. The molecule has 16 heavy (non-hydrogen) atoms. The Labute approximate surface area is 91.8 Å². The van der Waals surface area contributed by atoms with Crippen LogP contribution in [0.4, 0.5) is 4.39 Å². The molecule has 1 N–H and O–H groups in total. The zero-order valence-electron chi connectivity index (χ0n) is 8.44. The Morgan fingerprint density at radius 1 is 1.00 bits per heavy atom. The fourth-order valence-electron chi connectivity index (χ4n) is 1.88. The topological polar surface area (TPSA) is 28.7 Å². The van der Waals surface area contributed by atoms with E-state index in [0.29, 0.717) is 5.56 Å². The maximum atomic E-state index is 13.7. The molecule has 0 radical (unpaired) electrons. The van der Waals surface area contributed by atoms with Gasteiger partial charge in [-0.3, -0.25) is 0 Å². The van der Waals surface area contributed by atoms with Gasteiger partial charge in [0.25, 0.3) is 0 Å². The molecule has 78 valence electrons. The molecular formula is C13H9FN2. The molecule has 0 aliphatic carbocycles. The molecule has 0 saturated carbocycles. The summed E-state index contributed by atoms with van der Waals surface area (Å²) in [6, 6.07) is 10.5. The molecule has 0 saturated heterocycles. The number of pyridine rings is 1. The largest absolute Gasteiger partial charge is 0.346 e. The molecule has 0 fully saturated rings. The van der Waals surface area contributed by atoms with Crippen molar-refractivity contribution in [1.82, 2.24) is 9.97 Å². The number of rotatable bonds is 1. The molecule has 0 unspecified atom stereocenters. The predicted molar refractivity (Wildman–Crippen MR) is 61.5 cm³/mol. The molecule has 0 atom stereocenters. The van der Waals surface area contributed by atoms with Gasteiger partial charge in [-0.05, 0) is 23.8 Å². The lowest BCUT2D eigenvalue weighted by atomic mass is 10.0. The third-order valence-electron chi connectivity index (χ3n) is 2.62. The zero-order valence-corrected chi connectivity index (χ0v) is 8.44. The van der Waals surface area contributed by atoms with Gasteiger partial charge in [0.1, 0.15) is 11.5 Å². The van der Waals surface area contributed by atoms with Crippen LogP contribution in [-0.2, 0) is 0 Å². The average molecular weight is 212 g/mol. The normalized spacial score (nSPS) is 10.8.